The number of hydrogen-bond acceptors (Lipinski definition) is 4. The van der Waals surface area contributed by atoms with E-state index in [4.69, 9.17) is 10.4 Å². The standard InChI is InChI=1S/C15H9FN2O2S/c16-12-3-4-14(10(6-12)8-17)18-15(20)11-7-13(21-9-11)2-1-5-19/h3-4,6-7,9,19H,5H2,(H,18,20). The lowest BCUT2D eigenvalue weighted by molar-refractivity contribution is 0.102. The van der Waals surface area contributed by atoms with Crippen molar-refractivity contribution in [2.75, 3.05) is 11.9 Å². The minimum absolute atomic E-state index is 0.0545. The molecular weight excluding hydrogens is 291 g/mol. The van der Waals surface area contributed by atoms with Crippen LogP contribution in [0.3, 0.4) is 0 Å². The number of hydrogen-bond donors (Lipinski definition) is 2. The Hall–Kier alpha value is -2.67. The number of benzene rings is 1. The Bertz CT molecular complexity index is 781. The van der Waals surface area contributed by atoms with Gasteiger partial charge in [-0.3, -0.25) is 4.79 Å². The number of rotatable bonds is 2. The maximum atomic E-state index is 13.0. The molecule has 0 radical (unpaired) electrons. The van der Waals surface area contributed by atoms with Crippen molar-refractivity contribution in [2.45, 2.75) is 0 Å². The molecule has 0 unspecified atom stereocenters. The Kier molecular flexibility index (Phi) is 4.68. The molecule has 4 nitrogen and oxygen atoms in total. The van der Waals surface area contributed by atoms with E-state index in [0.717, 1.165) is 6.07 Å². The summed E-state index contributed by atoms with van der Waals surface area (Å²) in [6.07, 6.45) is 0. The van der Waals surface area contributed by atoms with E-state index in [0.29, 0.717) is 10.4 Å². The van der Waals surface area contributed by atoms with Crippen molar-refractivity contribution in [3.63, 3.8) is 0 Å². The van der Waals surface area contributed by atoms with Gasteiger partial charge >= 0.3 is 0 Å². The van der Waals surface area contributed by atoms with Gasteiger partial charge in [0.15, 0.2) is 0 Å². The van der Waals surface area contributed by atoms with Gasteiger partial charge in [0.1, 0.15) is 18.5 Å². The molecule has 0 saturated carbocycles. The third kappa shape index (κ3) is 3.67. The lowest BCUT2D eigenvalue weighted by atomic mass is 10.2. The fourth-order valence-electron chi connectivity index (χ4n) is 1.56. The summed E-state index contributed by atoms with van der Waals surface area (Å²) in [6.45, 7) is -0.249. The molecule has 104 valence electrons. The smallest absolute Gasteiger partial charge is 0.256 e. The van der Waals surface area contributed by atoms with Crippen LogP contribution in [0, 0.1) is 29.0 Å². The number of aliphatic hydroxyl groups is 1. The van der Waals surface area contributed by atoms with Crippen LogP contribution in [0.15, 0.2) is 29.6 Å². The molecule has 2 rings (SSSR count). The Balaban J connectivity index is 2.19. The van der Waals surface area contributed by atoms with Gasteiger partial charge in [0.05, 0.1) is 21.7 Å². The first-order chi connectivity index (χ1) is 10.1. The lowest BCUT2D eigenvalue weighted by Gasteiger charge is -2.05. The molecule has 6 heteroatoms. The minimum atomic E-state index is -0.540. The highest BCUT2D eigenvalue weighted by molar-refractivity contribution is 7.10. The van der Waals surface area contributed by atoms with Gasteiger partial charge in [0.2, 0.25) is 0 Å². The second kappa shape index (κ2) is 6.67. The number of aliphatic hydroxyl groups excluding tert-OH is 1. The summed E-state index contributed by atoms with van der Waals surface area (Å²) in [5, 5.41) is 21.7. The van der Waals surface area contributed by atoms with Crippen LogP contribution in [-0.4, -0.2) is 17.6 Å². The Morgan fingerprint density at radius 3 is 2.95 bits per heavy atom. The topological polar surface area (TPSA) is 73.1 Å². The van der Waals surface area contributed by atoms with Gasteiger partial charge in [-0.15, -0.1) is 11.3 Å². The number of amides is 1. The van der Waals surface area contributed by atoms with Crippen LogP contribution in [0.2, 0.25) is 0 Å². The molecule has 0 aliphatic rings. The van der Waals surface area contributed by atoms with E-state index in [1.807, 2.05) is 6.07 Å². The van der Waals surface area contributed by atoms with Crippen molar-refractivity contribution in [1.29, 1.82) is 5.26 Å². The molecule has 0 aliphatic heterocycles. The number of thiophene rings is 1. The fraction of sp³-hybridized carbons (Fsp3) is 0.0667. The maximum absolute atomic E-state index is 13.0. The summed E-state index contributed by atoms with van der Waals surface area (Å²) in [5.41, 5.74) is 0.687. The molecule has 0 spiro atoms. The van der Waals surface area contributed by atoms with Gasteiger partial charge in [0, 0.05) is 5.38 Å². The summed E-state index contributed by atoms with van der Waals surface area (Å²) >= 11 is 1.27. The van der Waals surface area contributed by atoms with Crippen LogP contribution in [0.25, 0.3) is 0 Å². The molecule has 2 N–H and O–H groups in total. The number of carbonyl (C=O) groups excluding carboxylic acids is 1. The number of nitrogens with zero attached hydrogens (tertiary/aromatic N) is 1. The Morgan fingerprint density at radius 2 is 2.24 bits per heavy atom. The van der Waals surface area contributed by atoms with Crippen molar-refractivity contribution in [3.8, 4) is 17.9 Å². The van der Waals surface area contributed by atoms with Gasteiger partial charge in [-0.25, -0.2) is 4.39 Å². The van der Waals surface area contributed by atoms with E-state index in [-0.39, 0.29) is 17.9 Å². The molecule has 21 heavy (non-hydrogen) atoms. The van der Waals surface area contributed by atoms with Gasteiger partial charge < -0.3 is 10.4 Å². The van der Waals surface area contributed by atoms with Crippen LogP contribution in [0.1, 0.15) is 20.8 Å². The zero-order valence-corrected chi connectivity index (χ0v) is 11.5. The highest BCUT2D eigenvalue weighted by Gasteiger charge is 2.11. The first kappa shape index (κ1) is 14.7. The SMILES string of the molecule is N#Cc1cc(F)ccc1NC(=O)c1csc(C#CCO)c1. The molecule has 0 aliphatic carbocycles. The highest BCUT2D eigenvalue weighted by atomic mass is 32.1. The second-order valence-electron chi connectivity index (χ2n) is 3.92. The molecule has 2 aromatic rings. The lowest BCUT2D eigenvalue weighted by Crippen LogP contribution is -2.12. The summed E-state index contributed by atoms with van der Waals surface area (Å²) in [5.74, 6) is 4.24. The molecule has 0 atom stereocenters. The number of nitrogens with one attached hydrogen (secondary N) is 1. The van der Waals surface area contributed by atoms with E-state index in [1.54, 1.807) is 11.4 Å². The van der Waals surface area contributed by atoms with Crippen LogP contribution >= 0.6 is 11.3 Å². The quantitative estimate of drug-likeness (QED) is 0.836. The molecule has 0 saturated heterocycles. The normalized spacial score (nSPS) is 9.38. The van der Waals surface area contributed by atoms with E-state index < -0.39 is 11.7 Å². The first-order valence-corrected chi connectivity index (χ1v) is 6.71. The monoisotopic (exact) mass is 300 g/mol. The molecule has 0 fully saturated rings. The molecule has 1 aromatic heterocycles. The Labute approximate surface area is 124 Å². The van der Waals surface area contributed by atoms with Crippen LogP contribution < -0.4 is 5.32 Å². The predicted octanol–water partition coefficient (Wildman–Crippen LogP) is 2.35. The number of nitriles is 1. The zero-order chi connectivity index (χ0) is 15.2. The van der Waals surface area contributed by atoms with E-state index in [2.05, 4.69) is 17.2 Å². The van der Waals surface area contributed by atoms with E-state index in [9.17, 15) is 9.18 Å². The fourth-order valence-corrected chi connectivity index (χ4v) is 2.32. The van der Waals surface area contributed by atoms with Crippen LogP contribution in [0.5, 0.6) is 0 Å². The molecule has 1 heterocycles. The summed E-state index contributed by atoms with van der Waals surface area (Å²) in [7, 11) is 0. The third-order valence-electron chi connectivity index (χ3n) is 2.50. The number of halogens is 1. The number of anilines is 1. The van der Waals surface area contributed by atoms with Gasteiger partial charge in [-0.1, -0.05) is 11.8 Å². The second-order valence-corrected chi connectivity index (χ2v) is 4.83. The van der Waals surface area contributed by atoms with Gasteiger partial charge in [-0.2, -0.15) is 5.26 Å². The van der Waals surface area contributed by atoms with Crippen molar-refractivity contribution in [2.24, 2.45) is 0 Å². The minimum Gasteiger partial charge on any atom is -0.384 e. The molecular formula is C15H9FN2O2S. The average molecular weight is 300 g/mol. The van der Waals surface area contributed by atoms with Crippen LogP contribution in [0.4, 0.5) is 10.1 Å². The summed E-state index contributed by atoms with van der Waals surface area (Å²) < 4.78 is 13.0. The van der Waals surface area contributed by atoms with Crippen LogP contribution in [-0.2, 0) is 0 Å². The maximum Gasteiger partial charge on any atom is 0.256 e. The van der Waals surface area contributed by atoms with Gasteiger partial charge in [-0.05, 0) is 24.3 Å². The first-order valence-electron chi connectivity index (χ1n) is 5.83. The largest absolute Gasteiger partial charge is 0.384 e. The Morgan fingerprint density at radius 1 is 1.43 bits per heavy atom. The predicted molar refractivity (Wildman–Crippen MR) is 77.4 cm³/mol. The summed E-state index contributed by atoms with van der Waals surface area (Å²) in [6, 6.07) is 6.97. The van der Waals surface area contributed by atoms with Crippen molar-refractivity contribution < 1.29 is 14.3 Å². The van der Waals surface area contributed by atoms with Gasteiger partial charge in [0.25, 0.3) is 5.91 Å². The molecule has 1 aromatic carbocycles. The third-order valence-corrected chi connectivity index (χ3v) is 3.35. The summed E-state index contributed by atoms with van der Waals surface area (Å²) in [4.78, 5) is 12.7. The highest BCUT2D eigenvalue weighted by Crippen LogP contribution is 2.19. The van der Waals surface area contributed by atoms with Crippen molar-refractivity contribution >= 4 is 22.9 Å². The average Bonchev–Trinajstić information content (AvgIpc) is 2.95. The van der Waals surface area contributed by atoms with E-state index >= 15 is 0 Å². The van der Waals surface area contributed by atoms with E-state index in [1.165, 1.54) is 23.5 Å². The molecule has 1 amide bonds. The van der Waals surface area contributed by atoms with Crippen molar-refractivity contribution in [1.82, 2.24) is 0 Å². The van der Waals surface area contributed by atoms with Crippen molar-refractivity contribution in [3.05, 3.63) is 51.5 Å². The zero-order valence-electron chi connectivity index (χ0n) is 10.7. The molecule has 0 bridgehead atoms. The number of carbonyl (C=O) groups is 1.